The van der Waals surface area contributed by atoms with Crippen molar-refractivity contribution in [2.24, 2.45) is 5.92 Å². The Morgan fingerprint density at radius 1 is 1.29 bits per heavy atom. The molecule has 0 heterocycles. The molecule has 21 heavy (non-hydrogen) atoms. The van der Waals surface area contributed by atoms with Gasteiger partial charge in [-0.3, -0.25) is 0 Å². The van der Waals surface area contributed by atoms with Crippen LogP contribution < -0.4 is 0 Å². The number of benzene rings is 1. The van der Waals surface area contributed by atoms with Gasteiger partial charge in [0.05, 0.1) is 12.2 Å². The van der Waals surface area contributed by atoms with Gasteiger partial charge < -0.3 is 9.84 Å². The van der Waals surface area contributed by atoms with Crippen LogP contribution in [0.15, 0.2) is 18.2 Å². The van der Waals surface area contributed by atoms with Gasteiger partial charge in [-0.15, -0.1) is 0 Å². The second-order valence-electron chi connectivity index (χ2n) is 6.16. The van der Waals surface area contributed by atoms with Gasteiger partial charge in [0.2, 0.25) is 0 Å². The average Bonchev–Trinajstić information content (AvgIpc) is 2.48. The van der Waals surface area contributed by atoms with Gasteiger partial charge in [0.15, 0.2) is 0 Å². The Hall–Kier alpha value is -0.930. The molecule has 0 radical (unpaired) electrons. The normalized spacial score (nSPS) is 19.4. The quantitative estimate of drug-likeness (QED) is 0.858. The summed E-state index contributed by atoms with van der Waals surface area (Å²) in [6.07, 6.45) is 5.97. The van der Waals surface area contributed by atoms with Crippen molar-refractivity contribution in [1.82, 2.24) is 0 Å². The van der Waals surface area contributed by atoms with Crippen molar-refractivity contribution in [2.75, 3.05) is 6.61 Å². The molecular weight excluding hydrogens is 267 g/mol. The summed E-state index contributed by atoms with van der Waals surface area (Å²) in [6.45, 7) is 4.49. The Morgan fingerprint density at radius 3 is 2.62 bits per heavy atom. The lowest BCUT2D eigenvalue weighted by Gasteiger charge is -2.33. The van der Waals surface area contributed by atoms with Gasteiger partial charge in [-0.05, 0) is 55.9 Å². The lowest BCUT2D eigenvalue weighted by atomic mass is 9.82. The van der Waals surface area contributed by atoms with Crippen LogP contribution in [-0.4, -0.2) is 23.9 Å². The van der Waals surface area contributed by atoms with Crippen molar-refractivity contribution in [1.29, 1.82) is 0 Å². The third-order valence-electron chi connectivity index (χ3n) is 4.59. The molecule has 1 aromatic carbocycles. The Balaban J connectivity index is 2.04. The van der Waals surface area contributed by atoms with Crippen LogP contribution in [0.5, 0.6) is 0 Å². The SMILES string of the molecule is CCOC(C(O)Cc1ccc(F)cc1C)C1CCCCC1. The zero-order valence-electron chi connectivity index (χ0n) is 13.1. The first-order chi connectivity index (χ1) is 10.1. The highest BCUT2D eigenvalue weighted by molar-refractivity contribution is 5.27. The molecule has 1 aromatic rings. The number of rotatable bonds is 6. The van der Waals surface area contributed by atoms with E-state index >= 15 is 0 Å². The molecule has 0 saturated heterocycles. The van der Waals surface area contributed by atoms with Crippen LogP contribution in [0.1, 0.15) is 50.2 Å². The van der Waals surface area contributed by atoms with Crippen molar-refractivity contribution in [3.05, 3.63) is 35.1 Å². The van der Waals surface area contributed by atoms with E-state index < -0.39 is 6.10 Å². The summed E-state index contributed by atoms with van der Waals surface area (Å²) in [5.41, 5.74) is 1.90. The largest absolute Gasteiger partial charge is 0.390 e. The lowest BCUT2D eigenvalue weighted by Crippen LogP contribution is -2.38. The first-order valence-corrected chi connectivity index (χ1v) is 8.16. The molecule has 1 saturated carbocycles. The number of aliphatic hydroxyl groups is 1. The van der Waals surface area contributed by atoms with Gasteiger partial charge >= 0.3 is 0 Å². The van der Waals surface area contributed by atoms with Crippen LogP contribution >= 0.6 is 0 Å². The fourth-order valence-electron chi connectivity index (χ4n) is 3.45. The van der Waals surface area contributed by atoms with E-state index in [4.69, 9.17) is 4.74 Å². The molecule has 2 unspecified atom stereocenters. The molecule has 2 rings (SSSR count). The summed E-state index contributed by atoms with van der Waals surface area (Å²) < 4.78 is 19.0. The third kappa shape index (κ3) is 4.52. The standard InChI is InChI=1S/C18H27FO2/c1-3-21-18(14-7-5-4-6-8-14)17(20)12-15-9-10-16(19)11-13(15)2/h9-11,14,17-18,20H,3-8,12H2,1-2H3. The summed E-state index contributed by atoms with van der Waals surface area (Å²) in [6, 6.07) is 4.77. The highest BCUT2D eigenvalue weighted by Gasteiger charge is 2.30. The number of hydrogen-bond acceptors (Lipinski definition) is 2. The minimum absolute atomic E-state index is 0.0975. The highest BCUT2D eigenvalue weighted by Crippen LogP contribution is 2.30. The molecule has 2 nitrogen and oxygen atoms in total. The fourth-order valence-corrected chi connectivity index (χ4v) is 3.45. The Kier molecular flexibility index (Phi) is 6.19. The first kappa shape index (κ1) is 16.4. The van der Waals surface area contributed by atoms with Gasteiger partial charge in [-0.2, -0.15) is 0 Å². The Labute approximate surface area is 127 Å². The number of aliphatic hydroxyl groups excluding tert-OH is 1. The zero-order chi connectivity index (χ0) is 15.2. The molecule has 0 aromatic heterocycles. The van der Waals surface area contributed by atoms with Crippen LogP contribution in [0.25, 0.3) is 0 Å². The summed E-state index contributed by atoms with van der Waals surface area (Å²) in [5, 5.41) is 10.6. The smallest absolute Gasteiger partial charge is 0.123 e. The highest BCUT2D eigenvalue weighted by atomic mass is 19.1. The first-order valence-electron chi connectivity index (χ1n) is 8.16. The average molecular weight is 294 g/mol. The number of hydrogen-bond donors (Lipinski definition) is 1. The van der Waals surface area contributed by atoms with E-state index in [0.717, 1.165) is 24.0 Å². The maximum atomic E-state index is 13.2. The van der Waals surface area contributed by atoms with E-state index in [1.165, 1.54) is 31.4 Å². The maximum absolute atomic E-state index is 13.2. The van der Waals surface area contributed by atoms with E-state index in [2.05, 4.69) is 0 Å². The minimum atomic E-state index is -0.516. The third-order valence-corrected chi connectivity index (χ3v) is 4.59. The van der Waals surface area contributed by atoms with E-state index in [1.54, 1.807) is 6.07 Å². The fraction of sp³-hybridized carbons (Fsp3) is 0.667. The summed E-state index contributed by atoms with van der Waals surface area (Å²) in [5.74, 6) is 0.230. The van der Waals surface area contributed by atoms with Crippen LogP contribution in [0.2, 0.25) is 0 Å². The monoisotopic (exact) mass is 294 g/mol. The summed E-state index contributed by atoms with van der Waals surface area (Å²) >= 11 is 0. The molecule has 1 aliphatic carbocycles. The van der Waals surface area contributed by atoms with Gasteiger partial charge in [0.1, 0.15) is 5.82 Å². The van der Waals surface area contributed by atoms with Crippen molar-refractivity contribution in [2.45, 2.75) is 64.6 Å². The van der Waals surface area contributed by atoms with Gasteiger partial charge in [0.25, 0.3) is 0 Å². The molecule has 0 bridgehead atoms. The van der Waals surface area contributed by atoms with Gasteiger partial charge in [0, 0.05) is 13.0 Å². The van der Waals surface area contributed by atoms with Crippen LogP contribution in [0.3, 0.4) is 0 Å². The summed E-state index contributed by atoms with van der Waals surface area (Å²) in [4.78, 5) is 0. The molecule has 2 atom stereocenters. The minimum Gasteiger partial charge on any atom is -0.390 e. The molecule has 1 aliphatic rings. The molecule has 3 heteroatoms. The zero-order valence-corrected chi connectivity index (χ0v) is 13.1. The molecular formula is C18H27FO2. The molecule has 1 N–H and O–H groups in total. The van der Waals surface area contributed by atoms with Gasteiger partial charge in [-0.25, -0.2) is 4.39 Å². The van der Waals surface area contributed by atoms with Crippen molar-refractivity contribution in [3.8, 4) is 0 Å². The second-order valence-corrected chi connectivity index (χ2v) is 6.16. The topological polar surface area (TPSA) is 29.5 Å². The Bertz CT molecular complexity index is 441. The second kappa shape index (κ2) is 7.90. The Morgan fingerprint density at radius 2 is 2.00 bits per heavy atom. The van der Waals surface area contributed by atoms with Crippen molar-refractivity contribution >= 4 is 0 Å². The predicted molar refractivity (Wildman–Crippen MR) is 82.8 cm³/mol. The lowest BCUT2D eigenvalue weighted by molar-refractivity contribution is -0.0716. The van der Waals surface area contributed by atoms with E-state index in [0.29, 0.717) is 18.9 Å². The number of halogens is 1. The van der Waals surface area contributed by atoms with Crippen LogP contribution in [0, 0.1) is 18.7 Å². The maximum Gasteiger partial charge on any atom is 0.123 e. The van der Waals surface area contributed by atoms with Crippen molar-refractivity contribution in [3.63, 3.8) is 0 Å². The number of aryl methyl sites for hydroxylation is 1. The number of ether oxygens (including phenoxy) is 1. The molecule has 0 spiro atoms. The predicted octanol–water partition coefficient (Wildman–Crippen LogP) is 4.02. The van der Waals surface area contributed by atoms with E-state index in [1.807, 2.05) is 13.8 Å². The van der Waals surface area contributed by atoms with Crippen LogP contribution in [0.4, 0.5) is 4.39 Å². The molecule has 118 valence electrons. The van der Waals surface area contributed by atoms with Gasteiger partial charge in [-0.1, -0.05) is 25.3 Å². The molecule has 1 fully saturated rings. The summed E-state index contributed by atoms with van der Waals surface area (Å²) in [7, 11) is 0. The molecule has 0 aliphatic heterocycles. The van der Waals surface area contributed by atoms with E-state index in [-0.39, 0.29) is 11.9 Å². The molecule has 0 amide bonds. The van der Waals surface area contributed by atoms with Crippen LogP contribution in [-0.2, 0) is 11.2 Å². The van der Waals surface area contributed by atoms with E-state index in [9.17, 15) is 9.50 Å². The van der Waals surface area contributed by atoms with Crippen molar-refractivity contribution < 1.29 is 14.2 Å².